The Kier molecular flexibility index (Phi) is 5.22. The van der Waals surface area contributed by atoms with Gasteiger partial charge in [0.25, 0.3) is 0 Å². The summed E-state index contributed by atoms with van der Waals surface area (Å²) < 4.78 is 5.26. The van der Waals surface area contributed by atoms with Gasteiger partial charge >= 0.3 is 0 Å². The van der Waals surface area contributed by atoms with E-state index in [1.807, 2.05) is 0 Å². The van der Waals surface area contributed by atoms with E-state index in [1.165, 1.54) is 25.7 Å². The van der Waals surface area contributed by atoms with E-state index in [0.717, 1.165) is 24.8 Å². The van der Waals surface area contributed by atoms with Crippen molar-refractivity contribution in [2.24, 2.45) is 17.6 Å². The van der Waals surface area contributed by atoms with Crippen LogP contribution in [0.4, 0.5) is 0 Å². The van der Waals surface area contributed by atoms with Gasteiger partial charge in [-0.1, -0.05) is 32.6 Å². The van der Waals surface area contributed by atoms with Crippen LogP contribution in [-0.4, -0.2) is 31.2 Å². The molecule has 0 aromatic heterocycles. The van der Waals surface area contributed by atoms with Crippen molar-refractivity contribution in [1.82, 2.24) is 5.32 Å². The number of carbonyl (C=O) groups is 1. The highest BCUT2D eigenvalue weighted by molar-refractivity contribution is 5.86. The maximum Gasteiger partial charge on any atom is 0.240 e. The average Bonchev–Trinajstić information content (AvgIpc) is 2.42. The van der Waals surface area contributed by atoms with Gasteiger partial charge in [-0.25, -0.2) is 0 Å². The molecule has 1 aliphatic carbocycles. The summed E-state index contributed by atoms with van der Waals surface area (Å²) in [5, 5.41) is 3.03. The minimum Gasteiger partial charge on any atom is -0.381 e. The summed E-state index contributed by atoms with van der Waals surface area (Å²) in [5.41, 5.74) is 5.45. The average molecular weight is 268 g/mol. The first kappa shape index (κ1) is 14.8. The molecule has 0 radical (unpaired) electrons. The number of ether oxygens (including phenoxy) is 1. The Hall–Kier alpha value is -0.610. The number of nitrogens with one attached hydrogen (secondary N) is 1. The summed E-state index contributed by atoms with van der Waals surface area (Å²) >= 11 is 0. The van der Waals surface area contributed by atoms with Crippen LogP contribution in [0.25, 0.3) is 0 Å². The molecule has 0 unspecified atom stereocenters. The quantitative estimate of drug-likeness (QED) is 0.817. The molecule has 1 amide bonds. The molecular formula is C15H28N2O2. The van der Waals surface area contributed by atoms with Crippen LogP contribution in [-0.2, 0) is 9.53 Å². The Morgan fingerprint density at radius 3 is 2.53 bits per heavy atom. The van der Waals surface area contributed by atoms with Crippen LogP contribution in [0.5, 0.6) is 0 Å². The van der Waals surface area contributed by atoms with E-state index in [2.05, 4.69) is 12.2 Å². The highest BCUT2D eigenvalue weighted by Crippen LogP contribution is 2.30. The number of hydrogen-bond donors (Lipinski definition) is 2. The predicted octanol–water partition coefficient (Wildman–Crippen LogP) is 1.83. The molecule has 0 bridgehead atoms. The van der Waals surface area contributed by atoms with Crippen molar-refractivity contribution in [3.63, 3.8) is 0 Å². The van der Waals surface area contributed by atoms with Gasteiger partial charge in [0, 0.05) is 19.8 Å². The summed E-state index contributed by atoms with van der Waals surface area (Å²) in [6.07, 6.45) is 7.70. The highest BCUT2D eigenvalue weighted by atomic mass is 16.5. The number of amides is 1. The molecule has 1 heterocycles. The molecule has 3 N–H and O–H groups in total. The van der Waals surface area contributed by atoms with E-state index in [1.54, 1.807) is 0 Å². The molecule has 2 rings (SSSR count). The lowest BCUT2D eigenvalue weighted by molar-refractivity contribution is -0.129. The Morgan fingerprint density at radius 2 is 1.89 bits per heavy atom. The maximum absolute atomic E-state index is 12.1. The van der Waals surface area contributed by atoms with Crippen molar-refractivity contribution >= 4 is 5.91 Å². The van der Waals surface area contributed by atoms with Gasteiger partial charge in [-0.2, -0.15) is 0 Å². The minimum atomic E-state index is -0.695. The zero-order chi connectivity index (χ0) is 13.7. The van der Waals surface area contributed by atoms with Gasteiger partial charge < -0.3 is 15.8 Å². The zero-order valence-electron chi connectivity index (χ0n) is 12.1. The number of nitrogens with two attached hydrogens (primary N) is 1. The highest BCUT2D eigenvalue weighted by Gasteiger charge is 2.35. The molecule has 19 heavy (non-hydrogen) atoms. The van der Waals surface area contributed by atoms with Gasteiger partial charge in [0.15, 0.2) is 0 Å². The van der Waals surface area contributed by atoms with Gasteiger partial charge in [-0.05, 0) is 31.1 Å². The summed E-state index contributed by atoms with van der Waals surface area (Å²) in [6.45, 7) is 4.31. The third kappa shape index (κ3) is 4.18. The lowest BCUT2D eigenvalue weighted by atomic mass is 9.81. The van der Waals surface area contributed by atoms with E-state index in [-0.39, 0.29) is 5.91 Å². The molecule has 1 aliphatic heterocycles. The van der Waals surface area contributed by atoms with Crippen LogP contribution >= 0.6 is 0 Å². The van der Waals surface area contributed by atoms with Crippen molar-refractivity contribution in [3.8, 4) is 0 Å². The zero-order valence-corrected chi connectivity index (χ0v) is 12.1. The Morgan fingerprint density at radius 1 is 1.26 bits per heavy atom. The predicted molar refractivity (Wildman–Crippen MR) is 75.7 cm³/mol. The SMILES string of the molecule is CC1CCC(CCNC(=O)C2(N)CCOCC2)CC1. The van der Waals surface area contributed by atoms with Crippen LogP contribution < -0.4 is 11.1 Å². The minimum absolute atomic E-state index is 0.0139. The number of hydrogen-bond acceptors (Lipinski definition) is 3. The topological polar surface area (TPSA) is 64.4 Å². The molecule has 2 fully saturated rings. The molecular weight excluding hydrogens is 240 g/mol. The van der Waals surface area contributed by atoms with E-state index in [9.17, 15) is 4.79 Å². The second-order valence-corrected chi connectivity index (χ2v) is 6.44. The molecule has 0 atom stereocenters. The Bertz CT molecular complexity index is 293. The molecule has 0 aromatic rings. The van der Waals surface area contributed by atoms with Crippen LogP contribution in [0.15, 0.2) is 0 Å². The fourth-order valence-electron chi connectivity index (χ4n) is 3.15. The second kappa shape index (κ2) is 6.71. The third-order valence-electron chi connectivity index (χ3n) is 4.81. The molecule has 2 aliphatic rings. The molecule has 1 saturated heterocycles. The summed E-state index contributed by atoms with van der Waals surface area (Å²) in [7, 11) is 0. The summed E-state index contributed by atoms with van der Waals surface area (Å²) in [5.74, 6) is 1.69. The normalized spacial score (nSPS) is 30.8. The molecule has 110 valence electrons. The first-order valence-corrected chi connectivity index (χ1v) is 7.75. The van der Waals surface area contributed by atoms with Gasteiger partial charge in [0.05, 0.1) is 5.54 Å². The van der Waals surface area contributed by atoms with Crippen LogP contribution in [0.3, 0.4) is 0 Å². The Balaban J connectivity index is 1.66. The maximum atomic E-state index is 12.1. The van der Waals surface area contributed by atoms with Gasteiger partial charge in [-0.15, -0.1) is 0 Å². The third-order valence-corrected chi connectivity index (χ3v) is 4.81. The smallest absolute Gasteiger partial charge is 0.240 e. The van der Waals surface area contributed by atoms with E-state index < -0.39 is 5.54 Å². The fraction of sp³-hybridized carbons (Fsp3) is 0.933. The monoisotopic (exact) mass is 268 g/mol. The van der Waals surface area contributed by atoms with Crippen molar-refractivity contribution < 1.29 is 9.53 Å². The van der Waals surface area contributed by atoms with Crippen molar-refractivity contribution in [2.45, 2.75) is 57.4 Å². The lowest BCUT2D eigenvalue weighted by Crippen LogP contribution is -2.57. The van der Waals surface area contributed by atoms with Crippen molar-refractivity contribution in [3.05, 3.63) is 0 Å². The van der Waals surface area contributed by atoms with E-state index >= 15 is 0 Å². The largest absolute Gasteiger partial charge is 0.381 e. The van der Waals surface area contributed by atoms with Crippen LogP contribution in [0.1, 0.15) is 51.9 Å². The number of rotatable bonds is 4. The summed E-state index contributed by atoms with van der Waals surface area (Å²) in [6, 6.07) is 0. The number of carbonyl (C=O) groups excluding carboxylic acids is 1. The van der Waals surface area contributed by atoms with Crippen molar-refractivity contribution in [2.75, 3.05) is 19.8 Å². The van der Waals surface area contributed by atoms with Gasteiger partial charge in [0.1, 0.15) is 0 Å². The molecule has 0 spiro atoms. The standard InChI is InChI=1S/C15H28N2O2/c1-12-2-4-13(5-3-12)6-9-17-14(18)15(16)7-10-19-11-8-15/h12-13H,2-11,16H2,1H3,(H,17,18). The van der Waals surface area contributed by atoms with Gasteiger partial charge in [-0.3, -0.25) is 4.79 Å². The van der Waals surface area contributed by atoms with Crippen molar-refractivity contribution in [1.29, 1.82) is 0 Å². The van der Waals surface area contributed by atoms with Crippen LogP contribution in [0.2, 0.25) is 0 Å². The van der Waals surface area contributed by atoms with Gasteiger partial charge in [0.2, 0.25) is 5.91 Å². The fourth-order valence-corrected chi connectivity index (χ4v) is 3.15. The summed E-state index contributed by atoms with van der Waals surface area (Å²) in [4.78, 5) is 12.1. The van der Waals surface area contributed by atoms with E-state index in [0.29, 0.717) is 26.1 Å². The molecule has 4 nitrogen and oxygen atoms in total. The second-order valence-electron chi connectivity index (χ2n) is 6.44. The molecule has 4 heteroatoms. The van der Waals surface area contributed by atoms with E-state index in [4.69, 9.17) is 10.5 Å². The first-order chi connectivity index (χ1) is 9.10. The van der Waals surface area contributed by atoms with Crippen LogP contribution in [0, 0.1) is 11.8 Å². The molecule has 0 aromatic carbocycles. The first-order valence-electron chi connectivity index (χ1n) is 7.75. The lowest BCUT2D eigenvalue weighted by Gasteiger charge is -2.32. The molecule has 1 saturated carbocycles. The Labute approximate surface area is 116 Å².